The summed E-state index contributed by atoms with van der Waals surface area (Å²) in [6, 6.07) is 3.21. The summed E-state index contributed by atoms with van der Waals surface area (Å²) in [6.07, 6.45) is 1.54. The molecule has 1 unspecified atom stereocenters. The van der Waals surface area contributed by atoms with Crippen molar-refractivity contribution in [3.05, 3.63) is 18.3 Å². The van der Waals surface area contributed by atoms with Crippen LogP contribution in [0, 0.1) is 0 Å². The van der Waals surface area contributed by atoms with E-state index in [0.29, 0.717) is 23.8 Å². The van der Waals surface area contributed by atoms with Crippen LogP contribution in [-0.2, 0) is 10.0 Å². The van der Waals surface area contributed by atoms with Crippen LogP contribution >= 0.6 is 11.8 Å². The molecule has 0 aliphatic carbocycles. The maximum atomic E-state index is 12.6. The fraction of sp³-hybridized carbons (Fsp3) is 0.583. The number of nitrogens with one attached hydrogen (secondary N) is 1. The SMILES string of the molecule is CCNc1cc(S(=O)(=O)N2CCSCC2C)ccn1. The number of sulfonamides is 1. The van der Waals surface area contributed by atoms with Crippen LogP contribution in [0.4, 0.5) is 5.82 Å². The van der Waals surface area contributed by atoms with Crippen LogP contribution in [0.15, 0.2) is 23.2 Å². The Morgan fingerprint density at radius 3 is 3.05 bits per heavy atom. The van der Waals surface area contributed by atoms with Crippen molar-refractivity contribution in [3.63, 3.8) is 0 Å². The van der Waals surface area contributed by atoms with E-state index in [1.54, 1.807) is 28.2 Å². The zero-order valence-corrected chi connectivity index (χ0v) is 12.8. The van der Waals surface area contributed by atoms with Gasteiger partial charge in [-0.2, -0.15) is 16.1 Å². The minimum Gasteiger partial charge on any atom is -0.370 e. The van der Waals surface area contributed by atoms with Gasteiger partial charge in [0.15, 0.2) is 0 Å². The maximum Gasteiger partial charge on any atom is 0.243 e. The molecule has 2 rings (SSSR count). The second kappa shape index (κ2) is 6.11. The van der Waals surface area contributed by atoms with Crippen LogP contribution in [0.3, 0.4) is 0 Å². The van der Waals surface area contributed by atoms with E-state index < -0.39 is 10.0 Å². The predicted octanol–water partition coefficient (Wildman–Crippen LogP) is 1.64. The second-order valence-electron chi connectivity index (χ2n) is 4.45. The van der Waals surface area contributed by atoms with E-state index >= 15 is 0 Å². The fourth-order valence-corrected chi connectivity index (χ4v) is 4.92. The molecule has 1 fully saturated rings. The summed E-state index contributed by atoms with van der Waals surface area (Å²) in [5.41, 5.74) is 0. The van der Waals surface area contributed by atoms with E-state index in [9.17, 15) is 8.42 Å². The van der Waals surface area contributed by atoms with E-state index in [2.05, 4.69) is 10.3 Å². The Labute approximate surface area is 118 Å². The monoisotopic (exact) mass is 301 g/mol. The summed E-state index contributed by atoms with van der Waals surface area (Å²) in [7, 11) is -3.41. The minimum atomic E-state index is -3.41. The number of anilines is 1. The van der Waals surface area contributed by atoms with Crippen LogP contribution in [0.5, 0.6) is 0 Å². The number of nitrogens with zero attached hydrogens (tertiary/aromatic N) is 2. The first kappa shape index (κ1) is 14.6. The van der Waals surface area contributed by atoms with Gasteiger partial charge in [-0.15, -0.1) is 0 Å². The summed E-state index contributed by atoms with van der Waals surface area (Å²) in [6.45, 7) is 5.20. The Morgan fingerprint density at radius 2 is 2.37 bits per heavy atom. The Kier molecular flexibility index (Phi) is 4.70. The molecule has 0 bridgehead atoms. The third kappa shape index (κ3) is 3.21. The lowest BCUT2D eigenvalue weighted by Gasteiger charge is -2.31. The molecular formula is C12H19N3O2S2. The lowest BCUT2D eigenvalue weighted by molar-refractivity contribution is 0.367. The van der Waals surface area contributed by atoms with Gasteiger partial charge in [-0.05, 0) is 19.9 Å². The standard InChI is InChI=1S/C12H19N3O2S2/c1-3-13-12-8-11(4-5-14-12)19(16,17)15-6-7-18-9-10(15)2/h4-5,8,10H,3,6-7,9H2,1-2H3,(H,13,14). The number of aromatic nitrogens is 1. The molecule has 1 aromatic rings. The van der Waals surface area contributed by atoms with Crippen molar-refractivity contribution in [3.8, 4) is 0 Å². The van der Waals surface area contributed by atoms with Gasteiger partial charge in [-0.1, -0.05) is 0 Å². The van der Waals surface area contributed by atoms with Crippen molar-refractivity contribution in [1.82, 2.24) is 9.29 Å². The van der Waals surface area contributed by atoms with E-state index in [4.69, 9.17) is 0 Å². The number of rotatable bonds is 4. The molecule has 0 amide bonds. The Hall–Kier alpha value is -0.790. The van der Waals surface area contributed by atoms with Crippen molar-refractivity contribution >= 4 is 27.6 Å². The molecule has 1 aromatic heterocycles. The van der Waals surface area contributed by atoms with Crippen molar-refractivity contribution in [1.29, 1.82) is 0 Å². The molecule has 7 heteroatoms. The second-order valence-corrected chi connectivity index (χ2v) is 7.49. The van der Waals surface area contributed by atoms with Gasteiger partial charge < -0.3 is 5.32 Å². The summed E-state index contributed by atoms with van der Waals surface area (Å²) in [5.74, 6) is 2.31. The van der Waals surface area contributed by atoms with E-state index in [-0.39, 0.29) is 6.04 Å². The first-order valence-electron chi connectivity index (χ1n) is 6.35. The molecule has 0 spiro atoms. The highest BCUT2D eigenvalue weighted by Crippen LogP contribution is 2.25. The highest BCUT2D eigenvalue weighted by molar-refractivity contribution is 7.99. The summed E-state index contributed by atoms with van der Waals surface area (Å²) >= 11 is 1.80. The lowest BCUT2D eigenvalue weighted by Crippen LogP contribution is -2.44. The molecule has 2 heterocycles. The highest BCUT2D eigenvalue weighted by atomic mass is 32.2. The lowest BCUT2D eigenvalue weighted by atomic mass is 10.4. The maximum absolute atomic E-state index is 12.6. The van der Waals surface area contributed by atoms with Crippen LogP contribution in [-0.4, -0.2) is 48.3 Å². The van der Waals surface area contributed by atoms with E-state index in [0.717, 1.165) is 11.5 Å². The number of hydrogen-bond donors (Lipinski definition) is 1. The molecular weight excluding hydrogens is 282 g/mol. The van der Waals surface area contributed by atoms with Gasteiger partial charge in [0.1, 0.15) is 5.82 Å². The smallest absolute Gasteiger partial charge is 0.243 e. The largest absolute Gasteiger partial charge is 0.370 e. The van der Waals surface area contributed by atoms with Crippen LogP contribution in [0.2, 0.25) is 0 Å². The summed E-state index contributed by atoms with van der Waals surface area (Å²) in [4.78, 5) is 4.43. The van der Waals surface area contributed by atoms with Crippen LogP contribution in [0.1, 0.15) is 13.8 Å². The van der Waals surface area contributed by atoms with Gasteiger partial charge in [-0.25, -0.2) is 13.4 Å². The van der Waals surface area contributed by atoms with Gasteiger partial charge in [0.2, 0.25) is 10.0 Å². The molecule has 0 radical (unpaired) electrons. The molecule has 5 nitrogen and oxygen atoms in total. The number of pyridine rings is 1. The van der Waals surface area contributed by atoms with Gasteiger partial charge in [-0.3, -0.25) is 0 Å². The molecule has 1 saturated heterocycles. The van der Waals surface area contributed by atoms with Gasteiger partial charge in [0, 0.05) is 42.9 Å². The van der Waals surface area contributed by atoms with Gasteiger partial charge in [0.25, 0.3) is 0 Å². The minimum absolute atomic E-state index is 0.0412. The number of thioether (sulfide) groups is 1. The topological polar surface area (TPSA) is 62.3 Å². The van der Waals surface area contributed by atoms with Crippen molar-refractivity contribution < 1.29 is 8.42 Å². The Bertz CT molecular complexity index is 534. The van der Waals surface area contributed by atoms with Crippen LogP contribution < -0.4 is 5.32 Å². The zero-order valence-electron chi connectivity index (χ0n) is 11.2. The van der Waals surface area contributed by atoms with E-state index in [1.165, 1.54) is 6.20 Å². The quantitative estimate of drug-likeness (QED) is 0.916. The first-order chi connectivity index (χ1) is 9.05. The average molecular weight is 301 g/mol. The number of hydrogen-bond acceptors (Lipinski definition) is 5. The third-order valence-electron chi connectivity index (χ3n) is 3.00. The zero-order chi connectivity index (χ0) is 13.9. The van der Waals surface area contributed by atoms with Crippen molar-refractivity contribution in [2.45, 2.75) is 24.8 Å². The van der Waals surface area contributed by atoms with E-state index in [1.807, 2.05) is 13.8 Å². The molecule has 1 aliphatic rings. The highest BCUT2D eigenvalue weighted by Gasteiger charge is 2.31. The molecule has 1 N–H and O–H groups in total. The van der Waals surface area contributed by atoms with Crippen LogP contribution in [0.25, 0.3) is 0 Å². The Balaban J connectivity index is 2.30. The van der Waals surface area contributed by atoms with Crippen molar-refractivity contribution in [2.24, 2.45) is 0 Å². The summed E-state index contributed by atoms with van der Waals surface area (Å²) in [5, 5.41) is 3.04. The molecule has 1 aliphatic heterocycles. The molecule has 0 saturated carbocycles. The Morgan fingerprint density at radius 1 is 1.58 bits per heavy atom. The van der Waals surface area contributed by atoms with Gasteiger partial charge >= 0.3 is 0 Å². The fourth-order valence-electron chi connectivity index (χ4n) is 2.05. The molecule has 1 atom stereocenters. The molecule has 106 valence electrons. The first-order valence-corrected chi connectivity index (χ1v) is 8.94. The molecule has 19 heavy (non-hydrogen) atoms. The van der Waals surface area contributed by atoms with Gasteiger partial charge in [0.05, 0.1) is 4.90 Å². The third-order valence-corrected chi connectivity index (χ3v) is 6.20. The summed E-state index contributed by atoms with van der Waals surface area (Å²) < 4.78 is 26.8. The molecule has 0 aromatic carbocycles. The normalized spacial score (nSPS) is 21.3. The average Bonchev–Trinajstić information content (AvgIpc) is 2.40. The predicted molar refractivity (Wildman–Crippen MR) is 79.1 cm³/mol. The van der Waals surface area contributed by atoms with Crippen molar-refractivity contribution in [2.75, 3.05) is 29.9 Å².